The molecule has 2 aromatic rings. The van der Waals surface area contributed by atoms with Gasteiger partial charge < -0.3 is 14.2 Å². The molecule has 1 saturated heterocycles. The van der Waals surface area contributed by atoms with E-state index in [0.29, 0.717) is 23.7 Å². The normalized spacial score (nSPS) is 15.5. The molecule has 1 unspecified atom stereocenters. The lowest BCUT2D eigenvalue weighted by atomic mass is 10.2. The lowest BCUT2D eigenvalue weighted by molar-refractivity contribution is -0.123. The lowest BCUT2D eigenvalue weighted by Gasteiger charge is -2.12. The van der Waals surface area contributed by atoms with Crippen molar-refractivity contribution >= 4 is 27.7 Å². The zero-order valence-electron chi connectivity index (χ0n) is 16.8. The Morgan fingerprint density at radius 1 is 1.13 bits per heavy atom. The summed E-state index contributed by atoms with van der Waals surface area (Å²) in [4.78, 5) is 24.1. The van der Waals surface area contributed by atoms with Crippen molar-refractivity contribution in [3.8, 4) is 11.5 Å². The highest BCUT2D eigenvalue weighted by Gasteiger charge is 2.16. The number of nitrogens with one attached hydrogen (secondary N) is 2. The van der Waals surface area contributed by atoms with Gasteiger partial charge in [0.05, 0.1) is 10.6 Å². The van der Waals surface area contributed by atoms with Crippen LogP contribution in [0.4, 0.5) is 0 Å². The Morgan fingerprint density at radius 3 is 2.60 bits per heavy atom. The summed E-state index contributed by atoms with van der Waals surface area (Å²) < 4.78 is 17.4. The molecular weight excluding hydrogens is 452 g/mol. The molecule has 0 saturated carbocycles. The molecule has 160 valence electrons. The third-order valence-electron chi connectivity index (χ3n) is 4.66. The Balaban J connectivity index is 1.40. The minimum absolute atomic E-state index is 0.135. The highest BCUT2D eigenvalue weighted by molar-refractivity contribution is 9.10. The van der Waals surface area contributed by atoms with Crippen LogP contribution in [0.25, 0.3) is 0 Å². The van der Waals surface area contributed by atoms with Crippen molar-refractivity contribution in [1.82, 2.24) is 10.9 Å². The monoisotopic (exact) mass is 476 g/mol. The van der Waals surface area contributed by atoms with E-state index in [1.807, 2.05) is 12.1 Å². The molecule has 30 heavy (non-hydrogen) atoms. The van der Waals surface area contributed by atoms with E-state index in [2.05, 4.69) is 33.7 Å². The van der Waals surface area contributed by atoms with E-state index in [1.54, 1.807) is 30.3 Å². The van der Waals surface area contributed by atoms with Gasteiger partial charge in [-0.25, -0.2) is 0 Å². The maximum Gasteiger partial charge on any atom is 0.276 e. The van der Waals surface area contributed by atoms with Crippen LogP contribution in [0.15, 0.2) is 46.9 Å². The molecule has 7 nitrogen and oxygen atoms in total. The van der Waals surface area contributed by atoms with E-state index in [0.717, 1.165) is 35.9 Å². The molecule has 0 aliphatic carbocycles. The quantitative estimate of drug-likeness (QED) is 0.570. The predicted octanol–water partition coefficient (Wildman–Crippen LogP) is 3.41. The van der Waals surface area contributed by atoms with Crippen LogP contribution in [0.5, 0.6) is 11.5 Å². The number of rotatable bonds is 8. The van der Waals surface area contributed by atoms with Crippen molar-refractivity contribution in [1.29, 1.82) is 0 Å². The van der Waals surface area contributed by atoms with Gasteiger partial charge in [-0.3, -0.25) is 20.4 Å². The topological polar surface area (TPSA) is 85.9 Å². The third kappa shape index (κ3) is 6.47. The number of benzene rings is 2. The van der Waals surface area contributed by atoms with E-state index < -0.39 is 11.8 Å². The fraction of sp³-hybridized carbons (Fsp3) is 0.364. The first kappa shape index (κ1) is 22.1. The summed E-state index contributed by atoms with van der Waals surface area (Å²) in [6, 6.07) is 12.4. The second-order valence-corrected chi connectivity index (χ2v) is 7.73. The molecule has 8 heteroatoms. The SMILES string of the molecule is CCc1ccc(OCC(=O)NNC(=O)c2ccc(OCC3CCCO3)cc2)c(Br)c1. The lowest BCUT2D eigenvalue weighted by Crippen LogP contribution is -2.43. The first-order valence-electron chi connectivity index (χ1n) is 9.90. The molecule has 3 rings (SSSR count). The van der Waals surface area contributed by atoms with Crippen LogP contribution < -0.4 is 20.3 Å². The van der Waals surface area contributed by atoms with E-state index >= 15 is 0 Å². The van der Waals surface area contributed by atoms with Crippen molar-refractivity contribution < 1.29 is 23.8 Å². The second-order valence-electron chi connectivity index (χ2n) is 6.88. The van der Waals surface area contributed by atoms with Gasteiger partial charge in [0.25, 0.3) is 11.8 Å². The van der Waals surface area contributed by atoms with Gasteiger partial charge in [-0.1, -0.05) is 13.0 Å². The van der Waals surface area contributed by atoms with Crippen LogP contribution in [-0.4, -0.2) is 37.7 Å². The molecule has 0 bridgehead atoms. The molecule has 2 N–H and O–H groups in total. The van der Waals surface area contributed by atoms with Crippen LogP contribution in [-0.2, 0) is 16.0 Å². The highest BCUT2D eigenvalue weighted by atomic mass is 79.9. The largest absolute Gasteiger partial charge is 0.491 e. The van der Waals surface area contributed by atoms with E-state index in [4.69, 9.17) is 14.2 Å². The molecule has 1 heterocycles. The molecule has 0 radical (unpaired) electrons. The van der Waals surface area contributed by atoms with Gasteiger partial charge >= 0.3 is 0 Å². The summed E-state index contributed by atoms with van der Waals surface area (Å²) in [6.07, 6.45) is 3.11. The number of hydrogen-bond acceptors (Lipinski definition) is 5. The summed E-state index contributed by atoms with van der Waals surface area (Å²) >= 11 is 3.42. The van der Waals surface area contributed by atoms with E-state index in [1.165, 1.54) is 0 Å². The van der Waals surface area contributed by atoms with Crippen LogP contribution in [0, 0.1) is 0 Å². The van der Waals surface area contributed by atoms with Crippen molar-refractivity contribution in [2.75, 3.05) is 19.8 Å². The van der Waals surface area contributed by atoms with Gasteiger partial charge in [0.2, 0.25) is 0 Å². The summed E-state index contributed by atoms with van der Waals surface area (Å²) in [6.45, 7) is 3.12. The average molecular weight is 477 g/mol. The molecule has 1 atom stereocenters. The number of aryl methyl sites for hydroxylation is 1. The summed E-state index contributed by atoms with van der Waals surface area (Å²) in [5.74, 6) is 0.334. The standard InChI is InChI=1S/C22H25BrN2O5/c1-2-15-5-10-20(19(23)12-15)30-14-21(26)24-25-22(27)16-6-8-17(9-7-16)29-13-18-4-3-11-28-18/h5-10,12,18H,2-4,11,13-14H2,1H3,(H,24,26)(H,25,27). The first-order chi connectivity index (χ1) is 14.5. The number of halogens is 1. The van der Waals surface area contributed by atoms with Crippen LogP contribution in [0.3, 0.4) is 0 Å². The summed E-state index contributed by atoms with van der Waals surface area (Å²) in [7, 11) is 0. The molecule has 0 spiro atoms. The van der Waals surface area contributed by atoms with Crippen LogP contribution in [0.1, 0.15) is 35.7 Å². The predicted molar refractivity (Wildman–Crippen MR) is 116 cm³/mol. The Morgan fingerprint density at radius 2 is 1.93 bits per heavy atom. The summed E-state index contributed by atoms with van der Waals surface area (Å²) in [5.41, 5.74) is 6.28. The zero-order valence-corrected chi connectivity index (χ0v) is 18.4. The maximum absolute atomic E-state index is 12.2. The number of hydrazine groups is 1. The fourth-order valence-electron chi connectivity index (χ4n) is 2.93. The van der Waals surface area contributed by atoms with Crippen LogP contribution in [0.2, 0.25) is 0 Å². The van der Waals surface area contributed by atoms with Crippen molar-refractivity contribution in [3.63, 3.8) is 0 Å². The molecule has 2 aromatic carbocycles. The number of hydrogen-bond donors (Lipinski definition) is 2. The van der Waals surface area contributed by atoms with E-state index in [9.17, 15) is 9.59 Å². The highest BCUT2D eigenvalue weighted by Crippen LogP contribution is 2.26. The maximum atomic E-state index is 12.2. The van der Waals surface area contributed by atoms with Gasteiger partial charge in [0, 0.05) is 12.2 Å². The Labute approximate surface area is 184 Å². The number of amides is 2. The molecule has 0 aromatic heterocycles. The van der Waals surface area contributed by atoms with Gasteiger partial charge in [-0.05, 0) is 77.2 Å². The Hall–Kier alpha value is -2.58. The molecule has 1 aliphatic heterocycles. The zero-order chi connectivity index (χ0) is 21.3. The molecule has 2 amide bonds. The Kier molecular flexibility index (Phi) is 8.10. The van der Waals surface area contributed by atoms with Crippen molar-refractivity contribution in [2.24, 2.45) is 0 Å². The summed E-state index contributed by atoms with van der Waals surface area (Å²) in [5, 5.41) is 0. The molecule has 1 aliphatic rings. The first-order valence-corrected chi connectivity index (χ1v) is 10.7. The number of carbonyl (C=O) groups is 2. The van der Waals surface area contributed by atoms with Crippen molar-refractivity contribution in [2.45, 2.75) is 32.3 Å². The average Bonchev–Trinajstić information content (AvgIpc) is 3.29. The van der Waals surface area contributed by atoms with Gasteiger partial charge in [-0.15, -0.1) is 0 Å². The van der Waals surface area contributed by atoms with E-state index in [-0.39, 0.29) is 12.7 Å². The minimum atomic E-state index is -0.466. The van der Waals surface area contributed by atoms with Gasteiger partial charge in [0.15, 0.2) is 6.61 Å². The second kappa shape index (κ2) is 11.0. The Bertz CT molecular complexity index is 866. The van der Waals surface area contributed by atoms with Crippen molar-refractivity contribution in [3.05, 3.63) is 58.1 Å². The number of ether oxygens (including phenoxy) is 3. The van der Waals surface area contributed by atoms with Gasteiger partial charge in [0.1, 0.15) is 18.1 Å². The molecule has 1 fully saturated rings. The minimum Gasteiger partial charge on any atom is -0.491 e. The van der Waals surface area contributed by atoms with Gasteiger partial charge in [-0.2, -0.15) is 0 Å². The molecular formula is C22H25BrN2O5. The third-order valence-corrected chi connectivity index (χ3v) is 5.27. The van der Waals surface area contributed by atoms with Crippen LogP contribution >= 0.6 is 15.9 Å². The number of carbonyl (C=O) groups excluding carboxylic acids is 2. The fourth-order valence-corrected chi connectivity index (χ4v) is 3.47. The smallest absolute Gasteiger partial charge is 0.276 e.